The molecule has 4 aromatic rings. The molecular weight excluding hydrogens is 499 g/mol. The van der Waals surface area contributed by atoms with Crippen molar-refractivity contribution in [2.45, 2.75) is 40.2 Å². The standard InChI is InChI=1S/C25H28Cl2N8O/c1-16-21(17(2)34(30-16)24-8-7-23-29-28-18(3)35(23)31-24)5-9-25(36)33-12-10-32(11-13-33)15-19-14-20(26)4-6-22(19)27/h4,6-8,14H,5,9-13,15H2,1-3H3. The Kier molecular flexibility index (Phi) is 6.96. The lowest BCUT2D eigenvalue weighted by Gasteiger charge is -2.35. The number of benzene rings is 1. The maximum Gasteiger partial charge on any atom is 0.222 e. The fourth-order valence-corrected chi connectivity index (χ4v) is 5.08. The number of hydrogen-bond acceptors (Lipinski definition) is 6. The number of hydrogen-bond donors (Lipinski definition) is 0. The maximum atomic E-state index is 13.0. The van der Waals surface area contributed by atoms with Gasteiger partial charge in [-0.1, -0.05) is 23.2 Å². The molecule has 188 valence electrons. The molecule has 0 aliphatic carbocycles. The second kappa shape index (κ2) is 10.2. The number of nitrogens with zero attached hydrogens (tertiary/aromatic N) is 8. The van der Waals surface area contributed by atoms with Gasteiger partial charge in [0.25, 0.3) is 0 Å². The van der Waals surface area contributed by atoms with Gasteiger partial charge in [-0.2, -0.15) is 9.61 Å². The SMILES string of the molecule is Cc1nn(-c2ccc3nnc(C)n3n2)c(C)c1CCC(=O)N1CCN(Cc2cc(Cl)ccc2Cl)CC1. The van der Waals surface area contributed by atoms with Gasteiger partial charge < -0.3 is 4.90 Å². The van der Waals surface area contributed by atoms with E-state index < -0.39 is 0 Å². The number of rotatable bonds is 6. The summed E-state index contributed by atoms with van der Waals surface area (Å²) >= 11 is 12.4. The van der Waals surface area contributed by atoms with E-state index in [1.165, 1.54) is 0 Å². The Morgan fingerprint density at radius 3 is 2.53 bits per heavy atom. The first kappa shape index (κ1) is 24.7. The van der Waals surface area contributed by atoms with Gasteiger partial charge in [0, 0.05) is 54.9 Å². The third-order valence-corrected chi connectivity index (χ3v) is 7.38. The average molecular weight is 527 g/mol. The van der Waals surface area contributed by atoms with Crippen molar-refractivity contribution in [3.63, 3.8) is 0 Å². The van der Waals surface area contributed by atoms with E-state index in [9.17, 15) is 4.79 Å². The zero-order valence-corrected chi connectivity index (χ0v) is 22.1. The van der Waals surface area contributed by atoms with Crippen molar-refractivity contribution in [2.24, 2.45) is 0 Å². The highest BCUT2D eigenvalue weighted by molar-refractivity contribution is 6.33. The fraction of sp³-hybridized carbons (Fsp3) is 0.400. The monoisotopic (exact) mass is 526 g/mol. The van der Waals surface area contributed by atoms with Gasteiger partial charge >= 0.3 is 0 Å². The number of fused-ring (bicyclic) bond motifs is 1. The molecular formula is C25H28Cl2N8O. The van der Waals surface area contributed by atoms with E-state index in [-0.39, 0.29) is 5.91 Å². The number of carbonyl (C=O) groups excluding carboxylic acids is 1. The van der Waals surface area contributed by atoms with Gasteiger partial charge in [-0.05, 0) is 68.7 Å². The lowest BCUT2D eigenvalue weighted by Crippen LogP contribution is -2.48. The smallest absolute Gasteiger partial charge is 0.222 e. The minimum atomic E-state index is 0.168. The molecule has 3 aromatic heterocycles. The van der Waals surface area contributed by atoms with Crippen molar-refractivity contribution in [2.75, 3.05) is 26.2 Å². The van der Waals surface area contributed by atoms with E-state index in [4.69, 9.17) is 28.3 Å². The Bertz CT molecular complexity index is 1420. The number of carbonyl (C=O) groups is 1. The van der Waals surface area contributed by atoms with Gasteiger partial charge in [0.1, 0.15) is 0 Å². The number of aryl methyl sites for hydroxylation is 2. The Labute approximate surface area is 219 Å². The largest absolute Gasteiger partial charge is 0.340 e. The highest BCUT2D eigenvalue weighted by Crippen LogP contribution is 2.23. The highest BCUT2D eigenvalue weighted by Gasteiger charge is 2.23. The minimum absolute atomic E-state index is 0.168. The maximum absolute atomic E-state index is 13.0. The number of halogens is 2. The van der Waals surface area contributed by atoms with Gasteiger partial charge in [-0.15, -0.1) is 15.3 Å². The predicted octanol–water partition coefficient (Wildman–Crippen LogP) is 3.82. The summed E-state index contributed by atoms with van der Waals surface area (Å²) < 4.78 is 3.53. The van der Waals surface area contributed by atoms with Crippen molar-refractivity contribution >= 4 is 34.8 Å². The van der Waals surface area contributed by atoms with Crippen LogP contribution >= 0.6 is 23.2 Å². The van der Waals surface area contributed by atoms with Crippen molar-refractivity contribution < 1.29 is 4.79 Å². The van der Waals surface area contributed by atoms with Crippen molar-refractivity contribution in [3.05, 3.63) is 68.7 Å². The van der Waals surface area contributed by atoms with E-state index in [1.807, 2.05) is 54.6 Å². The quantitative estimate of drug-likeness (QED) is 0.379. The molecule has 0 unspecified atom stereocenters. The van der Waals surface area contributed by atoms with Crippen LogP contribution in [-0.4, -0.2) is 71.5 Å². The van der Waals surface area contributed by atoms with Crippen LogP contribution in [0, 0.1) is 20.8 Å². The highest BCUT2D eigenvalue weighted by atomic mass is 35.5. The van der Waals surface area contributed by atoms with Gasteiger partial charge in [0.05, 0.1) is 5.69 Å². The molecule has 0 atom stereocenters. The Morgan fingerprint density at radius 1 is 0.972 bits per heavy atom. The summed E-state index contributed by atoms with van der Waals surface area (Å²) in [6, 6.07) is 9.29. The summed E-state index contributed by atoms with van der Waals surface area (Å²) in [5, 5.41) is 18.9. The first-order valence-electron chi connectivity index (χ1n) is 12.0. The molecule has 0 radical (unpaired) electrons. The molecule has 0 saturated carbocycles. The Morgan fingerprint density at radius 2 is 1.75 bits per heavy atom. The second-order valence-electron chi connectivity index (χ2n) is 9.16. The topological polar surface area (TPSA) is 84.4 Å². The zero-order valence-electron chi connectivity index (χ0n) is 20.6. The van der Waals surface area contributed by atoms with E-state index in [0.717, 1.165) is 53.0 Å². The van der Waals surface area contributed by atoms with Crippen LogP contribution in [-0.2, 0) is 17.8 Å². The van der Waals surface area contributed by atoms with Gasteiger partial charge in [0.2, 0.25) is 5.91 Å². The van der Waals surface area contributed by atoms with Gasteiger partial charge in [-0.3, -0.25) is 9.69 Å². The van der Waals surface area contributed by atoms with E-state index in [0.29, 0.717) is 42.4 Å². The van der Waals surface area contributed by atoms with Crippen LogP contribution in [0.4, 0.5) is 0 Å². The van der Waals surface area contributed by atoms with Crippen LogP contribution in [0.15, 0.2) is 30.3 Å². The molecule has 1 aliphatic heterocycles. The van der Waals surface area contributed by atoms with Crippen LogP contribution in [0.25, 0.3) is 11.5 Å². The molecule has 1 amide bonds. The Balaban J connectivity index is 1.19. The van der Waals surface area contributed by atoms with Crippen molar-refractivity contribution in [3.8, 4) is 5.82 Å². The predicted molar refractivity (Wildman–Crippen MR) is 139 cm³/mol. The van der Waals surface area contributed by atoms with Crippen LogP contribution in [0.5, 0.6) is 0 Å². The summed E-state index contributed by atoms with van der Waals surface area (Å²) in [7, 11) is 0. The molecule has 9 nitrogen and oxygen atoms in total. The molecule has 0 bridgehead atoms. The zero-order chi connectivity index (χ0) is 25.4. The Hall–Kier alpha value is -3.01. The van der Waals surface area contributed by atoms with Gasteiger partial charge in [0.15, 0.2) is 17.3 Å². The molecule has 1 fully saturated rings. The molecule has 1 aromatic carbocycles. The lowest BCUT2D eigenvalue weighted by atomic mass is 10.1. The molecule has 0 N–H and O–H groups in total. The van der Waals surface area contributed by atoms with Crippen LogP contribution in [0.1, 0.15) is 34.8 Å². The van der Waals surface area contributed by atoms with Crippen molar-refractivity contribution in [1.82, 2.24) is 39.4 Å². The van der Waals surface area contributed by atoms with E-state index >= 15 is 0 Å². The third-order valence-electron chi connectivity index (χ3n) is 6.78. The van der Waals surface area contributed by atoms with Crippen molar-refractivity contribution in [1.29, 1.82) is 0 Å². The summed E-state index contributed by atoms with van der Waals surface area (Å²) in [6.07, 6.45) is 1.09. The summed E-state index contributed by atoms with van der Waals surface area (Å²) in [5.74, 6) is 1.58. The summed E-state index contributed by atoms with van der Waals surface area (Å²) in [4.78, 5) is 17.3. The molecule has 11 heteroatoms. The number of amides is 1. The first-order valence-corrected chi connectivity index (χ1v) is 12.7. The van der Waals surface area contributed by atoms with E-state index in [2.05, 4.69) is 20.2 Å². The average Bonchev–Trinajstić information content (AvgIpc) is 3.38. The van der Waals surface area contributed by atoms with Crippen LogP contribution in [0.2, 0.25) is 10.0 Å². The summed E-state index contributed by atoms with van der Waals surface area (Å²) in [6.45, 7) is 9.61. The molecule has 4 heterocycles. The number of aromatic nitrogens is 6. The normalized spacial score (nSPS) is 14.6. The molecule has 1 saturated heterocycles. The van der Waals surface area contributed by atoms with E-state index in [1.54, 1.807) is 10.6 Å². The first-order chi connectivity index (χ1) is 17.3. The molecule has 0 spiro atoms. The summed E-state index contributed by atoms with van der Waals surface area (Å²) in [5.41, 5.74) is 4.69. The lowest BCUT2D eigenvalue weighted by molar-refractivity contribution is -0.133. The third kappa shape index (κ3) is 4.96. The van der Waals surface area contributed by atoms with Gasteiger partial charge in [-0.25, -0.2) is 4.68 Å². The number of piperazine rings is 1. The van der Waals surface area contributed by atoms with Crippen LogP contribution in [0.3, 0.4) is 0 Å². The molecule has 5 rings (SSSR count). The second-order valence-corrected chi connectivity index (χ2v) is 10.0. The molecule has 1 aliphatic rings. The fourth-order valence-electron chi connectivity index (χ4n) is 4.71. The molecule has 36 heavy (non-hydrogen) atoms. The van der Waals surface area contributed by atoms with Crippen LogP contribution < -0.4 is 0 Å². The minimum Gasteiger partial charge on any atom is -0.340 e.